The molecule has 2 unspecified atom stereocenters. The third kappa shape index (κ3) is 3.55. The zero-order valence-corrected chi connectivity index (χ0v) is 12.9. The number of ether oxygens (including phenoxy) is 2. The van der Waals surface area contributed by atoms with Crippen LogP contribution in [-0.4, -0.2) is 43.8 Å². The van der Waals surface area contributed by atoms with Crippen molar-refractivity contribution in [1.82, 2.24) is 5.32 Å². The highest BCUT2D eigenvalue weighted by Crippen LogP contribution is 2.30. The third-order valence-electron chi connectivity index (χ3n) is 4.72. The lowest BCUT2D eigenvalue weighted by molar-refractivity contribution is -0.149. The van der Waals surface area contributed by atoms with Crippen LogP contribution in [0.25, 0.3) is 0 Å². The molecule has 120 valence electrons. The van der Waals surface area contributed by atoms with Gasteiger partial charge in [-0.3, -0.25) is 9.59 Å². The lowest BCUT2D eigenvalue weighted by Gasteiger charge is -2.32. The summed E-state index contributed by atoms with van der Waals surface area (Å²) in [6, 6.07) is -0.138. The Morgan fingerprint density at radius 3 is 2.52 bits per heavy atom. The molecule has 1 saturated heterocycles. The fourth-order valence-corrected chi connectivity index (χ4v) is 3.01. The summed E-state index contributed by atoms with van der Waals surface area (Å²) >= 11 is 0. The topological polar surface area (TPSA) is 90.6 Å². The highest BCUT2D eigenvalue weighted by molar-refractivity contribution is 5.84. The van der Waals surface area contributed by atoms with E-state index in [-0.39, 0.29) is 29.9 Å². The zero-order chi connectivity index (χ0) is 15.5. The number of hydrogen-bond donors (Lipinski definition) is 2. The molecule has 0 aromatic rings. The van der Waals surface area contributed by atoms with Crippen molar-refractivity contribution >= 4 is 11.9 Å². The summed E-state index contributed by atoms with van der Waals surface area (Å²) in [5.41, 5.74) is 5.33. The van der Waals surface area contributed by atoms with E-state index in [2.05, 4.69) is 5.32 Å². The van der Waals surface area contributed by atoms with Gasteiger partial charge in [0.05, 0.1) is 31.2 Å². The molecule has 1 aliphatic heterocycles. The van der Waals surface area contributed by atoms with Gasteiger partial charge in [0.2, 0.25) is 5.91 Å². The Kier molecular flexibility index (Phi) is 5.22. The van der Waals surface area contributed by atoms with Gasteiger partial charge >= 0.3 is 5.97 Å². The van der Waals surface area contributed by atoms with Crippen LogP contribution in [0.4, 0.5) is 0 Å². The number of amides is 1. The first kappa shape index (κ1) is 16.2. The van der Waals surface area contributed by atoms with Gasteiger partial charge in [-0.05, 0) is 39.5 Å². The summed E-state index contributed by atoms with van der Waals surface area (Å²) in [5.74, 6) is -0.168. The molecule has 6 heteroatoms. The first-order valence-corrected chi connectivity index (χ1v) is 7.78. The van der Waals surface area contributed by atoms with Crippen LogP contribution in [0, 0.1) is 11.3 Å². The monoisotopic (exact) mass is 298 g/mol. The van der Waals surface area contributed by atoms with Crippen molar-refractivity contribution in [2.45, 2.75) is 51.6 Å². The maximum atomic E-state index is 12.4. The molecule has 1 amide bonds. The van der Waals surface area contributed by atoms with Crippen molar-refractivity contribution in [3.05, 3.63) is 0 Å². The van der Waals surface area contributed by atoms with E-state index in [4.69, 9.17) is 15.2 Å². The second-order valence-corrected chi connectivity index (χ2v) is 6.31. The van der Waals surface area contributed by atoms with E-state index in [1.54, 1.807) is 0 Å². The Balaban J connectivity index is 1.81. The van der Waals surface area contributed by atoms with Gasteiger partial charge in [0.1, 0.15) is 0 Å². The van der Waals surface area contributed by atoms with Crippen LogP contribution in [0.5, 0.6) is 0 Å². The Labute approximate surface area is 125 Å². The number of nitrogens with two attached hydrogens (primary N) is 1. The maximum Gasteiger partial charge on any atom is 0.308 e. The van der Waals surface area contributed by atoms with Gasteiger partial charge in [0.15, 0.2) is 0 Å². The standard InChI is InChI=1S/C15H26N2O4/c1-3-21-13(18)10-4-6-11(7-5-10)17-14(19)15(2)9-20-8-12(15)16/h10-12H,3-9,16H2,1-2H3,(H,17,19). The van der Waals surface area contributed by atoms with Crippen molar-refractivity contribution < 1.29 is 19.1 Å². The molecule has 1 heterocycles. The van der Waals surface area contributed by atoms with Crippen molar-refractivity contribution in [3.8, 4) is 0 Å². The number of rotatable bonds is 4. The van der Waals surface area contributed by atoms with Gasteiger partial charge in [0.25, 0.3) is 0 Å². The minimum atomic E-state index is -0.641. The molecule has 2 aliphatic rings. The van der Waals surface area contributed by atoms with Crippen LogP contribution in [0.1, 0.15) is 39.5 Å². The summed E-state index contributed by atoms with van der Waals surface area (Å²) in [7, 11) is 0. The van der Waals surface area contributed by atoms with Crippen molar-refractivity contribution in [2.24, 2.45) is 17.1 Å². The molecule has 0 aromatic carbocycles. The fourth-order valence-electron chi connectivity index (χ4n) is 3.01. The Morgan fingerprint density at radius 2 is 2.00 bits per heavy atom. The molecule has 6 nitrogen and oxygen atoms in total. The molecule has 0 radical (unpaired) electrons. The first-order chi connectivity index (χ1) is 9.97. The van der Waals surface area contributed by atoms with Gasteiger partial charge in [-0.1, -0.05) is 0 Å². The number of esters is 1. The summed E-state index contributed by atoms with van der Waals surface area (Å²) in [5, 5.41) is 3.07. The molecule has 0 aromatic heterocycles. The molecule has 2 rings (SSSR count). The number of carbonyl (C=O) groups excluding carboxylic acids is 2. The highest BCUT2D eigenvalue weighted by atomic mass is 16.5. The van der Waals surface area contributed by atoms with E-state index in [0.29, 0.717) is 19.8 Å². The molecular weight excluding hydrogens is 272 g/mol. The van der Waals surface area contributed by atoms with Gasteiger partial charge in [-0.15, -0.1) is 0 Å². The predicted molar refractivity (Wildman–Crippen MR) is 77.4 cm³/mol. The van der Waals surface area contributed by atoms with E-state index in [9.17, 15) is 9.59 Å². The molecule has 1 saturated carbocycles. The lowest BCUT2D eigenvalue weighted by Crippen LogP contribution is -2.53. The van der Waals surface area contributed by atoms with Crippen LogP contribution < -0.4 is 11.1 Å². The highest BCUT2D eigenvalue weighted by Gasteiger charge is 2.45. The Hall–Kier alpha value is -1.14. The summed E-state index contributed by atoms with van der Waals surface area (Å²) in [6.45, 7) is 4.89. The van der Waals surface area contributed by atoms with Crippen LogP contribution in [-0.2, 0) is 19.1 Å². The van der Waals surface area contributed by atoms with E-state index >= 15 is 0 Å². The molecule has 1 aliphatic carbocycles. The van der Waals surface area contributed by atoms with E-state index in [0.717, 1.165) is 25.7 Å². The Bertz CT molecular complexity index is 393. The minimum Gasteiger partial charge on any atom is -0.466 e. The van der Waals surface area contributed by atoms with Gasteiger partial charge in [0, 0.05) is 12.1 Å². The van der Waals surface area contributed by atoms with Crippen LogP contribution in [0.3, 0.4) is 0 Å². The van der Waals surface area contributed by atoms with Crippen molar-refractivity contribution in [3.63, 3.8) is 0 Å². The zero-order valence-electron chi connectivity index (χ0n) is 12.9. The number of carbonyl (C=O) groups is 2. The lowest BCUT2D eigenvalue weighted by atomic mass is 9.82. The average molecular weight is 298 g/mol. The predicted octanol–water partition coefficient (Wildman–Crippen LogP) is 0.588. The molecule has 2 atom stereocenters. The van der Waals surface area contributed by atoms with E-state index in [1.807, 2.05) is 13.8 Å². The molecule has 21 heavy (non-hydrogen) atoms. The van der Waals surface area contributed by atoms with E-state index < -0.39 is 5.41 Å². The molecule has 2 fully saturated rings. The van der Waals surface area contributed by atoms with Gasteiger partial charge in [-0.2, -0.15) is 0 Å². The van der Waals surface area contributed by atoms with E-state index in [1.165, 1.54) is 0 Å². The molecule has 0 spiro atoms. The number of hydrogen-bond acceptors (Lipinski definition) is 5. The quantitative estimate of drug-likeness (QED) is 0.741. The fraction of sp³-hybridized carbons (Fsp3) is 0.867. The van der Waals surface area contributed by atoms with Gasteiger partial charge < -0.3 is 20.5 Å². The van der Waals surface area contributed by atoms with Crippen LogP contribution >= 0.6 is 0 Å². The average Bonchev–Trinajstić information content (AvgIpc) is 2.81. The first-order valence-electron chi connectivity index (χ1n) is 7.78. The summed E-state index contributed by atoms with van der Waals surface area (Å²) in [4.78, 5) is 24.1. The van der Waals surface area contributed by atoms with Crippen molar-refractivity contribution in [2.75, 3.05) is 19.8 Å². The molecular formula is C15H26N2O4. The smallest absolute Gasteiger partial charge is 0.308 e. The largest absolute Gasteiger partial charge is 0.466 e. The normalized spacial score (nSPS) is 36.2. The third-order valence-corrected chi connectivity index (χ3v) is 4.72. The number of nitrogens with one attached hydrogen (secondary N) is 1. The van der Waals surface area contributed by atoms with Crippen molar-refractivity contribution in [1.29, 1.82) is 0 Å². The second-order valence-electron chi connectivity index (χ2n) is 6.31. The van der Waals surface area contributed by atoms with Crippen LogP contribution in [0.2, 0.25) is 0 Å². The Morgan fingerprint density at radius 1 is 1.33 bits per heavy atom. The minimum absolute atomic E-state index is 0.0224. The summed E-state index contributed by atoms with van der Waals surface area (Å²) in [6.07, 6.45) is 3.15. The maximum absolute atomic E-state index is 12.4. The summed E-state index contributed by atoms with van der Waals surface area (Å²) < 4.78 is 10.4. The second kappa shape index (κ2) is 6.75. The molecule has 0 bridgehead atoms. The SMILES string of the molecule is CCOC(=O)C1CCC(NC(=O)C2(C)COCC2N)CC1. The van der Waals surface area contributed by atoms with Gasteiger partial charge in [-0.25, -0.2) is 0 Å². The molecule has 3 N–H and O–H groups in total. The van der Waals surface area contributed by atoms with Crippen LogP contribution in [0.15, 0.2) is 0 Å².